The predicted octanol–water partition coefficient (Wildman–Crippen LogP) is 2.03. The Balaban J connectivity index is 2.97. The summed E-state index contributed by atoms with van der Waals surface area (Å²) in [6.07, 6.45) is 2.66. The van der Waals surface area contributed by atoms with Gasteiger partial charge in [-0.3, -0.25) is 4.79 Å². The molecule has 0 radical (unpaired) electrons. The predicted molar refractivity (Wildman–Crippen MR) is 64.1 cm³/mol. The van der Waals surface area contributed by atoms with Gasteiger partial charge in [-0.1, -0.05) is 6.92 Å². The van der Waals surface area contributed by atoms with Gasteiger partial charge in [-0.15, -0.1) is 0 Å². The molecule has 1 rings (SSSR count). The van der Waals surface area contributed by atoms with Crippen molar-refractivity contribution in [3.05, 3.63) is 22.3 Å². The number of carbonyl (C=O) groups excluding carboxylic acids is 1. The van der Waals surface area contributed by atoms with Crippen molar-refractivity contribution in [3.63, 3.8) is 0 Å². The van der Waals surface area contributed by atoms with Gasteiger partial charge < -0.3 is 10.6 Å². The van der Waals surface area contributed by atoms with E-state index in [4.69, 9.17) is 0 Å². The molecule has 4 nitrogen and oxygen atoms in total. The Morgan fingerprint density at radius 2 is 2.33 bits per heavy atom. The van der Waals surface area contributed by atoms with Crippen LogP contribution < -0.4 is 10.6 Å². The molecule has 1 amide bonds. The number of nitrogens with zero attached hydrogens (tertiary/aromatic N) is 1. The van der Waals surface area contributed by atoms with E-state index in [-0.39, 0.29) is 5.91 Å². The van der Waals surface area contributed by atoms with E-state index in [1.165, 1.54) is 0 Å². The van der Waals surface area contributed by atoms with E-state index in [0.717, 1.165) is 17.4 Å². The Morgan fingerprint density at radius 1 is 1.60 bits per heavy atom. The summed E-state index contributed by atoms with van der Waals surface area (Å²) in [5.74, 6) is 0.488. The van der Waals surface area contributed by atoms with Crippen LogP contribution in [0.1, 0.15) is 23.7 Å². The summed E-state index contributed by atoms with van der Waals surface area (Å²) in [5.41, 5.74) is 0.556. The zero-order chi connectivity index (χ0) is 11.3. The highest BCUT2D eigenvalue weighted by atomic mass is 79.9. The van der Waals surface area contributed by atoms with E-state index >= 15 is 0 Å². The van der Waals surface area contributed by atoms with Gasteiger partial charge in [0.2, 0.25) is 0 Å². The molecule has 0 aliphatic rings. The molecule has 1 aromatic heterocycles. The zero-order valence-electron chi connectivity index (χ0n) is 8.80. The third kappa shape index (κ3) is 3.20. The van der Waals surface area contributed by atoms with Crippen molar-refractivity contribution in [2.24, 2.45) is 0 Å². The first-order valence-corrected chi connectivity index (χ1v) is 5.59. The Hall–Kier alpha value is -1.10. The third-order valence-corrected chi connectivity index (χ3v) is 2.30. The summed E-state index contributed by atoms with van der Waals surface area (Å²) in [4.78, 5) is 15.7. The number of anilines is 1. The number of hydrogen-bond acceptors (Lipinski definition) is 3. The fourth-order valence-corrected chi connectivity index (χ4v) is 1.46. The van der Waals surface area contributed by atoms with Crippen molar-refractivity contribution in [2.75, 3.05) is 18.9 Å². The summed E-state index contributed by atoms with van der Waals surface area (Å²) in [5, 5.41) is 5.70. The van der Waals surface area contributed by atoms with Gasteiger partial charge in [-0.25, -0.2) is 4.98 Å². The van der Waals surface area contributed by atoms with Crippen molar-refractivity contribution in [2.45, 2.75) is 13.3 Å². The van der Waals surface area contributed by atoms with Crippen molar-refractivity contribution < 1.29 is 4.79 Å². The molecule has 5 heteroatoms. The summed E-state index contributed by atoms with van der Waals surface area (Å²) >= 11 is 3.29. The van der Waals surface area contributed by atoms with Crippen LogP contribution in [-0.4, -0.2) is 24.5 Å². The highest BCUT2D eigenvalue weighted by Gasteiger charge is 2.11. The van der Waals surface area contributed by atoms with Crippen LogP contribution >= 0.6 is 15.9 Å². The number of pyridine rings is 1. The Labute approximate surface area is 97.6 Å². The molecule has 0 unspecified atom stereocenters. The van der Waals surface area contributed by atoms with Gasteiger partial charge in [0.05, 0.1) is 5.56 Å². The molecule has 0 saturated carbocycles. The molecule has 0 aliphatic carbocycles. The highest BCUT2D eigenvalue weighted by molar-refractivity contribution is 9.10. The van der Waals surface area contributed by atoms with E-state index in [0.29, 0.717) is 11.4 Å². The van der Waals surface area contributed by atoms with E-state index in [1.54, 1.807) is 19.3 Å². The second kappa shape index (κ2) is 5.70. The SMILES string of the molecule is CCCNc1ncc(Br)cc1C(=O)NC. The van der Waals surface area contributed by atoms with E-state index in [2.05, 4.69) is 38.5 Å². The number of halogens is 1. The first-order chi connectivity index (χ1) is 7.19. The molecule has 0 aliphatic heterocycles. The fraction of sp³-hybridized carbons (Fsp3) is 0.400. The molecule has 0 atom stereocenters. The quantitative estimate of drug-likeness (QED) is 0.881. The molecule has 1 aromatic rings. The van der Waals surface area contributed by atoms with Crippen molar-refractivity contribution in [3.8, 4) is 0 Å². The molecule has 0 fully saturated rings. The van der Waals surface area contributed by atoms with Gasteiger partial charge >= 0.3 is 0 Å². The average Bonchev–Trinajstić information content (AvgIpc) is 2.26. The highest BCUT2D eigenvalue weighted by Crippen LogP contribution is 2.17. The smallest absolute Gasteiger partial charge is 0.254 e. The number of aromatic nitrogens is 1. The molecule has 15 heavy (non-hydrogen) atoms. The standard InChI is InChI=1S/C10H14BrN3O/c1-3-4-13-9-8(10(15)12-2)5-7(11)6-14-9/h5-6H,3-4H2,1-2H3,(H,12,15)(H,13,14). The normalized spacial score (nSPS) is 9.80. The molecule has 0 aromatic carbocycles. The van der Waals surface area contributed by atoms with Crippen LogP contribution in [0, 0.1) is 0 Å². The largest absolute Gasteiger partial charge is 0.369 e. The lowest BCUT2D eigenvalue weighted by molar-refractivity contribution is 0.0963. The summed E-state index contributed by atoms with van der Waals surface area (Å²) in [6, 6.07) is 1.75. The van der Waals surface area contributed by atoms with Crippen LogP contribution in [-0.2, 0) is 0 Å². The first-order valence-electron chi connectivity index (χ1n) is 4.80. The monoisotopic (exact) mass is 271 g/mol. The van der Waals surface area contributed by atoms with Gasteiger partial charge in [-0.2, -0.15) is 0 Å². The molecule has 0 saturated heterocycles. The molecular weight excluding hydrogens is 258 g/mol. The Bertz CT molecular complexity index is 355. The summed E-state index contributed by atoms with van der Waals surface area (Å²) < 4.78 is 0.795. The second-order valence-corrected chi connectivity index (χ2v) is 3.97. The van der Waals surface area contributed by atoms with Crippen molar-refractivity contribution in [1.29, 1.82) is 0 Å². The maximum atomic E-state index is 11.5. The zero-order valence-corrected chi connectivity index (χ0v) is 10.4. The summed E-state index contributed by atoms with van der Waals surface area (Å²) in [6.45, 7) is 2.87. The van der Waals surface area contributed by atoms with Crippen LogP contribution in [0.5, 0.6) is 0 Å². The maximum absolute atomic E-state index is 11.5. The Morgan fingerprint density at radius 3 is 2.93 bits per heavy atom. The van der Waals surface area contributed by atoms with Crippen molar-refractivity contribution >= 4 is 27.7 Å². The molecule has 2 N–H and O–H groups in total. The Kier molecular flexibility index (Phi) is 4.55. The molecule has 0 spiro atoms. The number of amides is 1. The first kappa shape index (κ1) is 12.0. The van der Waals surface area contributed by atoms with Crippen LogP contribution in [0.3, 0.4) is 0 Å². The number of rotatable bonds is 4. The van der Waals surface area contributed by atoms with Gasteiger partial charge in [0.25, 0.3) is 5.91 Å². The van der Waals surface area contributed by atoms with Crippen LogP contribution in [0.2, 0.25) is 0 Å². The lowest BCUT2D eigenvalue weighted by Crippen LogP contribution is -2.20. The minimum Gasteiger partial charge on any atom is -0.369 e. The molecular formula is C10H14BrN3O. The van der Waals surface area contributed by atoms with Gasteiger partial charge in [0.1, 0.15) is 5.82 Å². The molecule has 1 heterocycles. The molecule has 82 valence electrons. The van der Waals surface area contributed by atoms with Gasteiger partial charge in [0.15, 0.2) is 0 Å². The minimum absolute atomic E-state index is 0.137. The van der Waals surface area contributed by atoms with E-state index in [9.17, 15) is 4.79 Å². The van der Waals surface area contributed by atoms with E-state index < -0.39 is 0 Å². The van der Waals surface area contributed by atoms with Crippen LogP contribution in [0.15, 0.2) is 16.7 Å². The number of hydrogen-bond donors (Lipinski definition) is 2. The topological polar surface area (TPSA) is 54.0 Å². The van der Waals surface area contributed by atoms with Gasteiger partial charge in [0, 0.05) is 24.3 Å². The minimum atomic E-state index is -0.137. The molecule has 0 bridgehead atoms. The van der Waals surface area contributed by atoms with Crippen LogP contribution in [0.25, 0.3) is 0 Å². The second-order valence-electron chi connectivity index (χ2n) is 3.06. The third-order valence-electron chi connectivity index (χ3n) is 1.87. The van der Waals surface area contributed by atoms with Gasteiger partial charge in [-0.05, 0) is 28.4 Å². The summed E-state index contributed by atoms with van der Waals surface area (Å²) in [7, 11) is 1.60. The number of nitrogens with one attached hydrogen (secondary N) is 2. The van der Waals surface area contributed by atoms with Crippen LogP contribution in [0.4, 0.5) is 5.82 Å². The maximum Gasteiger partial charge on any atom is 0.254 e. The lowest BCUT2D eigenvalue weighted by atomic mass is 10.2. The lowest BCUT2D eigenvalue weighted by Gasteiger charge is -2.09. The fourth-order valence-electron chi connectivity index (χ4n) is 1.13. The van der Waals surface area contributed by atoms with Crippen molar-refractivity contribution in [1.82, 2.24) is 10.3 Å². The van der Waals surface area contributed by atoms with E-state index in [1.807, 2.05) is 0 Å². The average molecular weight is 272 g/mol. The number of carbonyl (C=O) groups is 1.